The number of benzene rings is 1. The lowest BCUT2D eigenvalue weighted by Gasteiger charge is -2.12. The minimum absolute atomic E-state index is 0.0780. The SMILES string of the molecule is COc1ccc([N+](=O)[O-])cc1CNCC(O)C(F)F. The number of aliphatic hydroxyl groups is 1. The summed E-state index contributed by atoms with van der Waals surface area (Å²) < 4.78 is 29.1. The molecule has 2 N–H and O–H groups in total. The summed E-state index contributed by atoms with van der Waals surface area (Å²) in [5.41, 5.74) is 0.338. The third-order valence-corrected chi connectivity index (χ3v) is 2.43. The fourth-order valence-corrected chi connectivity index (χ4v) is 1.46. The van der Waals surface area contributed by atoms with Crippen molar-refractivity contribution in [3.8, 4) is 5.75 Å². The van der Waals surface area contributed by atoms with Gasteiger partial charge in [-0.15, -0.1) is 0 Å². The molecule has 0 amide bonds. The first-order chi connectivity index (χ1) is 8.95. The second-order valence-electron chi connectivity index (χ2n) is 3.79. The number of halogens is 2. The number of methoxy groups -OCH3 is 1. The molecule has 0 bridgehead atoms. The predicted octanol–water partition coefficient (Wildman–Crippen LogP) is 1.32. The standard InChI is InChI=1S/C11H14F2N2O4/c1-19-10-3-2-8(15(17)18)4-7(10)5-14-6-9(16)11(12)13/h2-4,9,11,14,16H,5-6H2,1H3. The Labute approximate surface area is 108 Å². The summed E-state index contributed by atoms with van der Waals surface area (Å²) in [6, 6.07) is 4.01. The highest BCUT2D eigenvalue weighted by Gasteiger charge is 2.17. The van der Waals surface area contributed by atoms with E-state index in [9.17, 15) is 18.9 Å². The molecule has 0 aliphatic heterocycles. The van der Waals surface area contributed by atoms with E-state index in [0.717, 1.165) is 0 Å². The van der Waals surface area contributed by atoms with Crippen LogP contribution in [0, 0.1) is 10.1 Å². The van der Waals surface area contributed by atoms with Crippen LogP contribution < -0.4 is 10.1 Å². The summed E-state index contributed by atoms with van der Waals surface area (Å²) in [6.07, 6.45) is -4.61. The monoisotopic (exact) mass is 276 g/mol. The molecule has 0 spiro atoms. The maximum absolute atomic E-state index is 12.1. The molecule has 1 unspecified atom stereocenters. The van der Waals surface area contributed by atoms with Gasteiger partial charge in [0.25, 0.3) is 12.1 Å². The third-order valence-electron chi connectivity index (χ3n) is 2.43. The lowest BCUT2D eigenvalue weighted by Crippen LogP contribution is -2.31. The molecule has 106 valence electrons. The summed E-state index contributed by atoms with van der Waals surface area (Å²) in [6.45, 7) is -0.238. The van der Waals surface area contributed by atoms with Crippen molar-refractivity contribution in [2.45, 2.75) is 19.1 Å². The maximum Gasteiger partial charge on any atom is 0.270 e. The Balaban J connectivity index is 2.70. The number of nitrogens with zero attached hydrogens (tertiary/aromatic N) is 1. The van der Waals surface area contributed by atoms with Gasteiger partial charge in [-0.25, -0.2) is 8.78 Å². The number of alkyl halides is 2. The van der Waals surface area contributed by atoms with Crippen molar-refractivity contribution in [2.24, 2.45) is 0 Å². The number of nitrogens with one attached hydrogen (secondary N) is 1. The minimum Gasteiger partial charge on any atom is -0.496 e. The van der Waals surface area contributed by atoms with E-state index < -0.39 is 17.5 Å². The van der Waals surface area contributed by atoms with Crippen molar-refractivity contribution < 1.29 is 23.5 Å². The number of nitro groups is 1. The van der Waals surface area contributed by atoms with Gasteiger partial charge in [0.05, 0.1) is 12.0 Å². The van der Waals surface area contributed by atoms with Gasteiger partial charge in [0, 0.05) is 30.8 Å². The molecule has 0 saturated heterocycles. The van der Waals surface area contributed by atoms with Gasteiger partial charge in [-0.3, -0.25) is 10.1 Å². The van der Waals surface area contributed by atoms with Crippen molar-refractivity contribution in [2.75, 3.05) is 13.7 Å². The first kappa shape index (κ1) is 15.3. The quantitative estimate of drug-likeness (QED) is 0.579. The fraction of sp³-hybridized carbons (Fsp3) is 0.455. The van der Waals surface area contributed by atoms with Crippen LogP contribution in [0.25, 0.3) is 0 Å². The zero-order valence-electron chi connectivity index (χ0n) is 10.2. The maximum atomic E-state index is 12.1. The van der Waals surface area contributed by atoms with Crippen LogP contribution in [0.2, 0.25) is 0 Å². The first-order valence-corrected chi connectivity index (χ1v) is 5.44. The average Bonchev–Trinajstić information content (AvgIpc) is 2.38. The molecular weight excluding hydrogens is 262 g/mol. The number of hydrogen-bond acceptors (Lipinski definition) is 5. The zero-order valence-corrected chi connectivity index (χ0v) is 10.2. The number of aliphatic hydroxyl groups excluding tert-OH is 1. The molecule has 1 aromatic carbocycles. The van der Waals surface area contributed by atoms with Crippen molar-refractivity contribution in [3.63, 3.8) is 0 Å². The van der Waals surface area contributed by atoms with Gasteiger partial charge >= 0.3 is 0 Å². The molecule has 0 aliphatic carbocycles. The van der Waals surface area contributed by atoms with Gasteiger partial charge in [-0.1, -0.05) is 0 Å². The van der Waals surface area contributed by atoms with Crippen LogP contribution in [-0.2, 0) is 6.54 Å². The van der Waals surface area contributed by atoms with Gasteiger partial charge in [0.2, 0.25) is 0 Å². The molecule has 8 heteroatoms. The van der Waals surface area contributed by atoms with Gasteiger partial charge in [-0.05, 0) is 6.07 Å². The van der Waals surface area contributed by atoms with Crippen LogP contribution in [-0.4, -0.2) is 36.2 Å². The number of non-ortho nitro benzene ring substituents is 1. The Hall–Kier alpha value is -1.80. The summed E-state index contributed by atoms with van der Waals surface area (Å²) in [5, 5.41) is 22.1. The molecule has 6 nitrogen and oxygen atoms in total. The molecule has 19 heavy (non-hydrogen) atoms. The number of hydrogen-bond donors (Lipinski definition) is 2. The predicted molar refractivity (Wildman–Crippen MR) is 63.4 cm³/mol. The van der Waals surface area contributed by atoms with Crippen LogP contribution in [0.3, 0.4) is 0 Å². The second kappa shape index (κ2) is 6.95. The van der Waals surface area contributed by atoms with Crippen LogP contribution in [0.4, 0.5) is 14.5 Å². The summed E-state index contributed by atoms with van der Waals surface area (Å²) in [5.74, 6) is 0.407. The Morgan fingerprint density at radius 2 is 2.21 bits per heavy atom. The van der Waals surface area contributed by atoms with E-state index in [4.69, 9.17) is 9.84 Å². The highest BCUT2D eigenvalue weighted by atomic mass is 19.3. The lowest BCUT2D eigenvalue weighted by molar-refractivity contribution is -0.384. The second-order valence-corrected chi connectivity index (χ2v) is 3.79. The van der Waals surface area contributed by atoms with E-state index >= 15 is 0 Å². The van der Waals surface area contributed by atoms with Crippen LogP contribution in [0.15, 0.2) is 18.2 Å². The van der Waals surface area contributed by atoms with Crippen molar-refractivity contribution >= 4 is 5.69 Å². The smallest absolute Gasteiger partial charge is 0.270 e. The molecular formula is C11H14F2N2O4. The van der Waals surface area contributed by atoms with Crippen molar-refractivity contribution in [3.05, 3.63) is 33.9 Å². The third kappa shape index (κ3) is 4.42. The summed E-state index contributed by atoms with van der Waals surface area (Å²) in [7, 11) is 1.40. The van der Waals surface area contributed by atoms with E-state index in [1.54, 1.807) is 0 Å². The summed E-state index contributed by atoms with van der Waals surface area (Å²) in [4.78, 5) is 10.1. The zero-order chi connectivity index (χ0) is 14.4. The topological polar surface area (TPSA) is 84.6 Å². The molecule has 1 rings (SSSR count). The molecule has 0 radical (unpaired) electrons. The molecule has 0 fully saturated rings. The largest absolute Gasteiger partial charge is 0.496 e. The Bertz CT molecular complexity index is 443. The molecule has 0 saturated carbocycles. The molecule has 0 aliphatic rings. The van der Waals surface area contributed by atoms with Gasteiger partial charge in [0.1, 0.15) is 11.9 Å². The van der Waals surface area contributed by atoms with Crippen molar-refractivity contribution in [1.82, 2.24) is 5.32 Å². The van der Waals surface area contributed by atoms with Gasteiger partial charge in [0.15, 0.2) is 0 Å². The van der Waals surface area contributed by atoms with Crippen LogP contribution in [0.1, 0.15) is 5.56 Å². The Kier molecular flexibility index (Phi) is 5.58. The van der Waals surface area contributed by atoms with Crippen LogP contribution >= 0.6 is 0 Å². The van der Waals surface area contributed by atoms with Gasteiger partial charge < -0.3 is 15.2 Å². The number of ether oxygens (including phenoxy) is 1. The van der Waals surface area contributed by atoms with E-state index in [-0.39, 0.29) is 18.8 Å². The van der Waals surface area contributed by atoms with E-state index in [2.05, 4.69) is 5.32 Å². The Morgan fingerprint density at radius 1 is 1.53 bits per heavy atom. The van der Waals surface area contributed by atoms with Crippen LogP contribution in [0.5, 0.6) is 5.75 Å². The van der Waals surface area contributed by atoms with Crippen molar-refractivity contribution in [1.29, 1.82) is 0 Å². The van der Waals surface area contributed by atoms with E-state index in [1.165, 1.54) is 25.3 Å². The molecule has 0 aromatic heterocycles. The summed E-state index contributed by atoms with van der Waals surface area (Å²) >= 11 is 0. The highest BCUT2D eigenvalue weighted by molar-refractivity contribution is 5.43. The first-order valence-electron chi connectivity index (χ1n) is 5.44. The lowest BCUT2D eigenvalue weighted by atomic mass is 10.1. The fourth-order valence-electron chi connectivity index (χ4n) is 1.46. The molecule has 1 aromatic rings. The molecule has 0 heterocycles. The Morgan fingerprint density at radius 3 is 2.74 bits per heavy atom. The normalized spacial score (nSPS) is 12.5. The minimum atomic E-state index is -2.83. The number of nitro benzene ring substituents is 1. The average molecular weight is 276 g/mol. The molecule has 1 atom stereocenters. The number of rotatable bonds is 7. The van der Waals surface area contributed by atoms with Gasteiger partial charge in [-0.2, -0.15) is 0 Å². The van der Waals surface area contributed by atoms with E-state index in [1.807, 2.05) is 0 Å². The van der Waals surface area contributed by atoms with E-state index in [0.29, 0.717) is 11.3 Å². The highest BCUT2D eigenvalue weighted by Crippen LogP contribution is 2.23.